The number of benzene rings is 2. The summed E-state index contributed by atoms with van der Waals surface area (Å²) in [5.74, 6) is 0.712. The molecule has 0 saturated carbocycles. The molecule has 1 heteroatoms. The second-order valence-corrected chi connectivity index (χ2v) is 5.97. The summed E-state index contributed by atoms with van der Waals surface area (Å²) in [6.07, 6.45) is 1.15. The number of hydrogen-bond acceptors (Lipinski definition) is 1. The Labute approximate surface area is 123 Å². The molecule has 0 radical (unpaired) electrons. The molecule has 0 fully saturated rings. The SMILES string of the molecule is CNCc1ccc(-c2ccc(CC(C)C)cc2)cc1C. The van der Waals surface area contributed by atoms with E-state index >= 15 is 0 Å². The monoisotopic (exact) mass is 267 g/mol. The van der Waals surface area contributed by atoms with Crippen molar-refractivity contribution in [2.75, 3.05) is 7.05 Å². The van der Waals surface area contributed by atoms with E-state index in [1.807, 2.05) is 7.05 Å². The van der Waals surface area contributed by atoms with Gasteiger partial charge in [-0.25, -0.2) is 0 Å². The molecular formula is C19H25N. The van der Waals surface area contributed by atoms with E-state index in [1.54, 1.807) is 0 Å². The van der Waals surface area contributed by atoms with Crippen molar-refractivity contribution < 1.29 is 0 Å². The van der Waals surface area contributed by atoms with Crippen LogP contribution in [0.15, 0.2) is 42.5 Å². The topological polar surface area (TPSA) is 12.0 Å². The lowest BCUT2D eigenvalue weighted by molar-refractivity contribution is 0.647. The van der Waals surface area contributed by atoms with Crippen LogP contribution in [0.3, 0.4) is 0 Å². The Balaban J connectivity index is 2.21. The van der Waals surface area contributed by atoms with E-state index in [-0.39, 0.29) is 0 Å². The van der Waals surface area contributed by atoms with E-state index in [2.05, 4.69) is 68.6 Å². The first-order valence-corrected chi connectivity index (χ1v) is 7.43. The van der Waals surface area contributed by atoms with Crippen molar-refractivity contribution >= 4 is 0 Å². The predicted molar refractivity (Wildman–Crippen MR) is 87.9 cm³/mol. The van der Waals surface area contributed by atoms with Crippen molar-refractivity contribution in [2.45, 2.75) is 33.7 Å². The van der Waals surface area contributed by atoms with E-state index in [0.29, 0.717) is 5.92 Å². The van der Waals surface area contributed by atoms with Gasteiger partial charge in [-0.3, -0.25) is 0 Å². The molecule has 1 N–H and O–H groups in total. The smallest absolute Gasteiger partial charge is 0.0205 e. The summed E-state index contributed by atoms with van der Waals surface area (Å²) in [5, 5.41) is 3.21. The fourth-order valence-electron chi connectivity index (χ4n) is 2.57. The average molecular weight is 267 g/mol. The minimum atomic E-state index is 0.712. The molecule has 2 aromatic rings. The van der Waals surface area contributed by atoms with Crippen LogP contribution in [0.5, 0.6) is 0 Å². The summed E-state index contributed by atoms with van der Waals surface area (Å²) in [6, 6.07) is 15.7. The standard InChI is InChI=1S/C19H25N/c1-14(2)11-16-5-7-17(8-6-16)18-9-10-19(13-20-4)15(3)12-18/h5-10,12,14,20H,11,13H2,1-4H3. The fourth-order valence-corrected chi connectivity index (χ4v) is 2.57. The molecule has 1 nitrogen and oxygen atoms in total. The summed E-state index contributed by atoms with van der Waals surface area (Å²) in [6.45, 7) is 7.64. The van der Waals surface area contributed by atoms with Crippen LogP contribution in [0.2, 0.25) is 0 Å². The molecule has 2 rings (SSSR count). The van der Waals surface area contributed by atoms with Crippen molar-refractivity contribution in [2.24, 2.45) is 5.92 Å². The lowest BCUT2D eigenvalue weighted by Gasteiger charge is -2.10. The van der Waals surface area contributed by atoms with Crippen molar-refractivity contribution in [3.8, 4) is 11.1 Å². The van der Waals surface area contributed by atoms with Gasteiger partial charge in [0, 0.05) is 6.54 Å². The van der Waals surface area contributed by atoms with Gasteiger partial charge in [-0.2, -0.15) is 0 Å². The van der Waals surface area contributed by atoms with Crippen LogP contribution in [0.1, 0.15) is 30.5 Å². The zero-order valence-electron chi connectivity index (χ0n) is 13.0. The maximum Gasteiger partial charge on any atom is 0.0205 e. The van der Waals surface area contributed by atoms with Crippen molar-refractivity contribution in [3.05, 3.63) is 59.2 Å². The van der Waals surface area contributed by atoms with Crippen LogP contribution in [0.4, 0.5) is 0 Å². The summed E-state index contributed by atoms with van der Waals surface area (Å²) in [4.78, 5) is 0. The second-order valence-electron chi connectivity index (χ2n) is 5.97. The highest BCUT2D eigenvalue weighted by Gasteiger charge is 2.03. The van der Waals surface area contributed by atoms with Gasteiger partial charge in [0.15, 0.2) is 0 Å². The maximum absolute atomic E-state index is 3.21. The molecule has 0 saturated heterocycles. The van der Waals surface area contributed by atoms with E-state index in [0.717, 1.165) is 13.0 Å². The van der Waals surface area contributed by atoms with Gasteiger partial charge in [0.25, 0.3) is 0 Å². The molecule has 0 aromatic heterocycles. The normalized spacial score (nSPS) is 11.1. The molecule has 0 heterocycles. The molecule has 0 amide bonds. The number of aryl methyl sites for hydroxylation is 1. The molecule has 0 aliphatic carbocycles. The molecule has 20 heavy (non-hydrogen) atoms. The van der Waals surface area contributed by atoms with E-state index in [9.17, 15) is 0 Å². The first-order chi connectivity index (χ1) is 9.60. The Kier molecular flexibility index (Phi) is 4.97. The number of hydrogen-bond donors (Lipinski definition) is 1. The van der Waals surface area contributed by atoms with Gasteiger partial charge in [0.1, 0.15) is 0 Å². The van der Waals surface area contributed by atoms with Gasteiger partial charge in [-0.1, -0.05) is 56.3 Å². The molecule has 0 atom stereocenters. The molecule has 0 aliphatic rings. The first-order valence-electron chi connectivity index (χ1n) is 7.43. The van der Waals surface area contributed by atoms with Crippen molar-refractivity contribution in [3.63, 3.8) is 0 Å². The van der Waals surface area contributed by atoms with Gasteiger partial charge < -0.3 is 5.32 Å². The fraction of sp³-hybridized carbons (Fsp3) is 0.368. The minimum Gasteiger partial charge on any atom is -0.316 e. The quantitative estimate of drug-likeness (QED) is 0.836. The average Bonchev–Trinajstić information content (AvgIpc) is 2.41. The molecular weight excluding hydrogens is 242 g/mol. The summed E-state index contributed by atoms with van der Waals surface area (Å²) >= 11 is 0. The zero-order valence-corrected chi connectivity index (χ0v) is 13.0. The molecule has 2 aromatic carbocycles. The zero-order chi connectivity index (χ0) is 14.5. The Morgan fingerprint density at radius 2 is 1.60 bits per heavy atom. The highest BCUT2D eigenvalue weighted by Crippen LogP contribution is 2.23. The molecule has 0 aliphatic heterocycles. The van der Waals surface area contributed by atoms with Crippen LogP contribution in [0.25, 0.3) is 11.1 Å². The van der Waals surface area contributed by atoms with Gasteiger partial charge in [0.05, 0.1) is 0 Å². The third kappa shape index (κ3) is 3.71. The summed E-state index contributed by atoms with van der Waals surface area (Å²) in [5.41, 5.74) is 6.75. The largest absolute Gasteiger partial charge is 0.316 e. The third-order valence-electron chi connectivity index (χ3n) is 3.64. The molecule has 0 bridgehead atoms. The lowest BCUT2D eigenvalue weighted by atomic mass is 9.97. The van der Waals surface area contributed by atoms with Crippen molar-refractivity contribution in [1.82, 2.24) is 5.32 Å². The molecule has 0 spiro atoms. The van der Waals surface area contributed by atoms with E-state index < -0.39 is 0 Å². The van der Waals surface area contributed by atoms with Crippen molar-refractivity contribution in [1.29, 1.82) is 0 Å². The molecule has 0 unspecified atom stereocenters. The Morgan fingerprint density at radius 3 is 2.15 bits per heavy atom. The molecule has 106 valence electrons. The second kappa shape index (κ2) is 6.71. The van der Waals surface area contributed by atoms with Gasteiger partial charge in [-0.05, 0) is 54.1 Å². The van der Waals surface area contributed by atoms with E-state index in [1.165, 1.54) is 27.8 Å². The van der Waals surface area contributed by atoms with Crippen LogP contribution >= 0.6 is 0 Å². The first kappa shape index (κ1) is 14.8. The highest BCUT2D eigenvalue weighted by atomic mass is 14.8. The highest BCUT2D eigenvalue weighted by molar-refractivity contribution is 5.65. The van der Waals surface area contributed by atoms with Crippen LogP contribution in [-0.4, -0.2) is 7.05 Å². The summed E-state index contributed by atoms with van der Waals surface area (Å²) < 4.78 is 0. The van der Waals surface area contributed by atoms with Crippen LogP contribution in [0, 0.1) is 12.8 Å². The summed E-state index contributed by atoms with van der Waals surface area (Å²) in [7, 11) is 1.99. The number of rotatable bonds is 5. The Morgan fingerprint density at radius 1 is 0.950 bits per heavy atom. The van der Waals surface area contributed by atoms with Gasteiger partial charge >= 0.3 is 0 Å². The third-order valence-corrected chi connectivity index (χ3v) is 3.64. The van der Waals surface area contributed by atoms with E-state index in [4.69, 9.17) is 0 Å². The van der Waals surface area contributed by atoms with Crippen LogP contribution in [-0.2, 0) is 13.0 Å². The Hall–Kier alpha value is -1.60. The Bertz CT molecular complexity index is 552. The number of nitrogens with one attached hydrogen (secondary N) is 1. The lowest BCUT2D eigenvalue weighted by Crippen LogP contribution is -2.06. The minimum absolute atomic E-state index is 0.712. The van der Waals surface area contributed by atoms with Gasteiger partial charge in [0.2, 0.25) is 0 Å². The predicted octanol–water partition coefficient (Wildman–Crippen LogP) is 4.58. The van der Waals surface area contributed by atoms with Gasteiger partial charge in [-0.15, -0.1) is 0 Å². The van der Waals surface area contributed by atoms with Crippen LogP contribution < -0.4 is 5.32 Å². The maximum atomic E-state index is 3.21.